The van der Waals surface area contributed by atoms with Gasteiger partial charge in [-0.2, -0.15) is 0 Å². The molecule has 1 atom stereocenters. The van der Waals surface area contributed by atoms with E-state index in [1.165, 1.54) is 19.4 Å². The van der Waals surface area contributed by atoms with Crippen molar-refractivity contribution in [3.8, 4) is 0 Å². The van der Waals surface area contributed by atoms with E-state index < -0.39 is 0 Å². The number of nitrogens with one attached hydrogen (secondary N) is 1. The Hall–Kier alpha value is 1.02. The third-order valence-electron chi connectivity index (χ3n) is 2.63. The maximum atomic E-state index is 3.51. The van der Waals surface area contributed by atoms with Gasteiger partial charge in [0.05, 0.1) is 0 Å². The molecule has 12 heavy (non-hydrogen) atoms. The fraction of sp³-hybridized carbons (Fsp3) is 0.889. The van der Waals surface area contributed by atoms with E-state index in [4.69, 9.17) is 0 Å². The summed E-state index contributed by atoms with van der Waals surface area (Å²) in [5, 5.41) is 3.51. The second kappa shape index (κ2) is 7.42. The van der Waals surface area contributed by atoms with Crippen molar-refractivity contribution in [2.45, 2.75) is 39.2 Å². The Bertz CT molecular complexity index is 107. The van der Waals surface area contributed by atoms with Crippen LogP contribution in [0.15, 0.2) is 0 Å². The molecule has 1 aliphatic heterocycles. The summed E-state index contributed by atoms with van der Waals surface area (Å²) in [5.74, 6) is 0.839. The van der Waals surface area contributed by atoms with Crippen molar-refractivity contribution in [1.29, 1.82) is 0 Å². The minimum atomic E-state index is 0. The van der Waals surface area contributed by atoms with Crippen LogP contribution >= 0.6 is 12.4 Å². The molecule has 0 aromatic rings. The van der Waals surface area contributed by atoms with E-state index in [1.54, 1.807) is 0 Å². The Morgan fingerprint density at radius 2 is 1.83 bits per heavy atom. The molecular weight excluding hydrogens is 182 g/mol. The van der Waals surface area contributed by atoms with Gasteiger partial charge in [-0.1, -0.05) is 6.92 Å². The zero-order valence-corrected chi connectivity index (χ0v) is 11.0. The van der Waals surface area contributed by atoms with Crippen molar-refractivity contribution in [1.82, 2.24) is 5.32 Å². The Kier molecular flexibility index (Phi) is 11.6. The molecule has 3 heteroatoms. The normalized spacial score (nSPS) is 25.8. The van der Waals surface area contributed by atoms with Gasteiger partial charge in [0.2, 0.25) is 0 Å². The maximum absolute atomic E-state index is 3.51. The molecule has 0 radical (unpaired) electrons. The molecule has 1 nitrogen and oxygen atoms in total. The molecule has 1 heterocycles. The molecule has 0 aromatic heterocycles. The molecule has 0 aliphatic carbocycles. The molecule has 1 saturated heterocycles. The van der Waals surface area contributed by atoms with Gasteiger partial charge < -0.3 is 12.7 Å². The quantitative estimate of drug-likeness (QED) is 0.470. The SMILES string of the molecule is CC1CCCNC1(C)C.Cl.[CH3-].[Mg+2]. The predicted molar refractivity (Wildman–Crippen MR) is 59.9 cm³/mol. The fourth-order valence-electron chi connectivity index (χ4n) is 1.35. The summed E-state index contributed by atoms with van der Waals surface area (Å²) >= 11 is 0. The molecule has 1 unspecified atom stereocenters. The van der Waals surface area contributed by atoms with E-state index in [9.17, 15) is 0 Å². The summed E-state index contributed by atoms with van der Waals surface area (Å²) in [7, 11) is 0. The van der Waals surface area contributed by atoms with Gasteiger partial charge in [0.15, 0.2) is 0 Å². The first kappa shape index (κ1) is 18.7. The first-order chi connectivity index (χ1) is 4.13. The smallest absolute Gasteiger partial charge is 0.358 e. The van der Waals surface area contributed by atoms with Crippen molar-refractivity contribution in [3.63, 3.8) is 0 Å². The standard InChI is InChI=1S/C8H17N.CH3.ClH.Mg/c1-7-5-4-6-9-8(7,2)3;;;/h7,9H,4-6H2,1-3H3;1H3;1H;/q;-1;;+2. The van der Waals surface area contributed by atoms with Crippen LogP contribution in [0.3, 0.4) is 0 Å². The van der Waals surface area contributed by atoms with Gasteiger partial charge in [0.25, 0.3) is 0 Å². The number of hydrogen-bond acceptors (Lipinski definition) is 1. The Balaban J connectivity index is -0.000000270. The molecule has 0 aromatic carbocycles. The van der Waals surface area contributed by atoms with Crippen LogP contribution in [0.2, 0.25) is 0 Å². The van der Waals surface area contributed by atoms with Gasteiger partial charge in [-0.3, -0.25) is 0 Å². The van der Waals surface area contributed by atoms with E-state index in [-0.39, 0.29) is 42.9 Å². The van der Waals surface area contributed by atoms with E-state index >= 15 is 0 Å². The average Bonchev–Trinajstić information content (AvgIpc) is 1.77. The number of hydrogen-bond donors (Lipinski definition) is 1. The van der Waals surface area contributed by atoms with Crippen LogP contribution in [-0.4, -0.2) is 35.1 Å². The van der Waals surface area contributed by atoms with E-state index in [0.717, 1.165) is 5.92 Å². The van der Waals surface area contributed by atoms with Crippen molar-refractivity contribution in [2.75, 3.05) is 6.54 Å². The van der Waals surface area contributed by atoms with Crippen LogP contribution in [0, 0.1) is 13.3 Å². The van der Waals surface area contributed by atoms with E-state index in [0.29, 0.717) is 5.54 Å². The van der Waals surface area contributed by atoms with Crippen LogP contribution in [0.4, 0.5) is 0 Å². The van der Waals surface area contributed by atoms with Crippen molar-refractivity contribution < 1.29 is 0 Å². The van der Waals surface area contributed by atoms with Gasteiger partial charge in [-0.25, -0.2) is 0 Å². The molecule has 0 saturated carbocycles. The molecule has 1 rings (SSSR count). The predicted octanol–water partition coefficient (Wildman–Crippen LogP) is 2.28. The molecule has 0 amide bonds. The number of piperidine rings is 1. The molecule has 1 aliphatic rings. The molecule has 0 bridgehead atoms. The third-order valence-corrected chi connectivity index (χ3v) is 2.63. The Labute approximate surface area is 99.6 Å². The van der Waals surface area contributed by atoms with Crippen molar-refractivity contribution in [2.24, 2.45) is 5.92 Å². The summed E-state index contributed by atoms with van der Waals surface area (Å²) in [6.45, 7) is 8.11. The monoisotopic (exact) mass is 202 g/mol. The van der Waals surface area contributed by atoms with Crippen molar-refractivity contribution in [3.05, 3.63) is 7.43 Å². The topological polar surface area (TPSA) is 12.0 Å². The summed E-state index contributed by atoms with van der Waals surface area (Å²) in [6.07, 6.45) is 2.74. The summed E-state index contributed by atoms with van der Waals surface area (Å²) < 4.78 is 0. The second-order valence-electron chi connectivity index (χ2n) is 3.69. The van der Waals surface area contributed by atoms with Crippen LogP contribution in [0.25, 0.3) is 0 Å². The Morgan fingerprint density at radius 3 is 2.08 bits per heavy atom. The van der Waals surface area contributed by atoms with Crippen LogP contribution in [-0.2, 0) is 0 Å². The second-order valence-corrected chi connectivity index (χ2v) is 3.69. The molecule has 0 spiro atoms. The van der Waals surface area contributed by atoms with Crippen molar-refractivity contribution >= 4 is 35.5 Å². The minimum absolute atomic E-state index is 0. The van der Waals surface area contributed by atoms with Gasteiger partial charge in [0, 0.05) is 5.54 Å². The fourth-order valence-corrected chi connectivity index (χ4v) is 1.35. The number of rotatable bonds is 0. The van der Waals surface area contributed by atoms with Crippen LogP contribution in [0.5, 0.6) is 0 Å². The average molecular weight is 203 g/mol. The van der Waals surface area contributed by atoms with Gasteiger partial charge >= 0.3 is 23.1 Å². The number of halogens is 1. The largest absolute Gasteiger partial charge is 2.00 e. The summed E-state index contributed by atoms with van der Waals surface area (Å²) in [6, 6.07) is 0. The first-order valence-electron chi connectivity index (χ1n) is 3.88. The van der Waals surface area contributed by atoms with Gasteiger partial charge in [0.1, 0.15) is 0 Å². The maximum Gasteiger partial charge on any atom is 2.00 e. The van der Waals surface area contributed by atoms with Gasteiger partial charge in [-0.05, 0) is 39.2 Å². The third kappa shape index (κ3) is 4.90. The molecule has 1 N–H and O–H groups in total. The minimum Gasteiger partial charge on any atom is -0.358 e. The van der Waals surface area contributed by atoms with E-state index in [2.05, 4.69) is 26.1 Å². The van der Waals surface area contributed by atoms with Crippen LogP contribution < -0.4 is 5.32 Å². The van der Waals surface area contributed by atoms with E-state index in [1.807, 2.05) is 0 Å². The summed E-state index contributed by atoms with van der Waals surface area (Å²) in [4.78, 5) is 0. The molecular formula is C9H21ClMgN+. The molecule has 1 fully saturated rings. The van der Waals surface area contributed by atoms with Gasteiger partial charge in [-0.15, -0.1) is 12.4 Å². The Morgan fingerprint density at radius 1 is 1.33 bits per heavy atom. The first-order valence-corrected chi connectivity index (χ1v) is 3.88. The van der Waals surface area contributed by atoms with Crippen LogP contribution in [0.1, 0.15) is 33.6 Å². The molecule has 70 valence electrons. The summed E-state index contributed by atoms with van der Waals surface area (Å²) in [5.41, 5.74) is 0.387. The zero-order chi connectivity index (χ0) is 6.91. The zero-order valence-electron chi connectivity index (χ0n) is 8.81.